The van der Waals surface area contributed by atoms with Crippen molar-refractivity contribution < 1.29 is 4.74 Å². The molecule has 0 bridgehead atoms. The van der Waals surface area contributed by atoms with E-state index in [1.165, 1.54) is 22.3 Å². The van der Waals surface area contributed by atoms with E-state index in [0.717, 1.165) is 24.3 Å². The van der Waals surface area contributed by atoms with Gasteiger partial charge in [0.15, 0.2) is 5.96 Å². The number of benzene rings is 3. The summed E-state index contributed by atoms with van der Waals surface area (Å²) in [5, 5.41) is 3.18. The highest BCUT2D eigenvalue weighted by Crippen LogP contribution is 2.23. The molecule has 0 aromatic heterocycles. The predicted octanol–water partition coefficient (Wildman–Crippen LogP) is 5.94. The van der Waals surface area contributed by atoms with Crippen molar-refractivity contribution in [3.63, 3.8) is 0 Å². The summed E-state index contributed by atoms with van der Waals surface area (Å²) in [7, 11) is 0. The fraction of sp³-hybridized carbons (Fsp3) is 0.321. The molecule has 0 unspecified atom stereocenters. The summed E-state index contributed by atoms with van der Waals surface area (Å²) in [5.41, 5.74) is 12.3. The van der Waals surface area contributed by atoms with E-state index in [2.05, 4.69) is 79.6 Å². The summed E-state index contributed by atoms with van der Waals surface area (Å²) in [6, 6.07) is 25.4. The van der Waals surface area contributed by atoms with Crippen molar-refractivity contribution in [2.75, 3.05) is 18.5 Å². The molecule has 0 aliphatic heterocycles. The molecule has 3 aromatic carbocycles. The molecule has 3 aromatic rings. The van der Waals surface area contributed by atoms with Crippen molar-refractivity contribution in [2.45, 2.75) is 46.0 Å². The van der Waals surface area contributed by atoms with Gasteiger partial charge in [0.05, 0.1) is 6.61 Å². The molecule has 4 nitrogen and oxygen atoms in total. The van der Waals surface area contributed by atoms with E-state index in [-0.39, 0.29) is 5.41 Å². The number of nitrogens with one attached hydrogen (secondary N) is 1. The average Bonchev–Trinajstić information content (AvgIpc) is 2.75. The van der Waals surface area contributed by atoms with Crippen LogP contribution in [0.2, 0.25) is 0 Å². The summed E-state index contributed by atoms with van der Waals surface area (Å²) in [4.78, 5) is 4.50. The number of hydrogen-bond acceptors (Lipinski definition) is 2. The lowest BCUT2D eigenvalue weighted by atomic mass is 9.87. The molecule has 0 aliphatic rings. The lowest BCUT2D eigenvalue weighted by Gasteiger charge is -2.19. The number of ether oxygens (including phenoxy) is 1. The molecule has 0 atom stereocenters. The molecule has 3 rings (SSSR count). The fourth-order valence-corrected chi connectivity index (χ4v) is 3.55. The molecule has 4 heteroatoms. The number of hydrogen-bond donors (Lipinski definition) is 2. The van der Waals surface area contributed by atoms with Crippen LogP contribution in [0.15, 0.2) is 77.8 Å². The number of nitrogens with two attached hydrogens (primary N) is 1. The lowest BCUT2D eigenvalue weighted by molar-refractivity contribution is 0.340. The zero-order valence-corrected chi connectivity index (χ0v) is 19.7. The van der Waals surface area contributed by atoms with E-state index in [1.807, 2.05) is 31.2 Å². The Kier molecular flexibility index (Phi) is 7.93. The molecule has 0 heterocycles. The normalized spacial score (nSPS) is 11.9. The van der Waals surface area contributed by atoms with Gasteiger partial charge in [-0.25, -0.2) is 0 Å². The number of anilines is 1. The first-order chi connectivity index (χ1) is 15.3. The second-order valence-electron chi connectivity index (χ2n) is 9.04. The van der Waals surface area contributed by atoms with Gasteiger partial charge in [-0.3, -0.25) is 4.99 Å². The predicted molar refractivity (Wildman–Crippen MR) is 136 cm³/mol. The molecule has 3 N–H and O–H groups in total. The Bertz CT molecular complexity index is 1020. The van der Waals surface area contributed by atoms with Gasteiger partial charge in [0.2, 0.25) is 0 Å². The van der Waals surface area contributed by atoms with Crippen LogP contribution >= 0.6 is 0 Å². The Balaban J connectivity index is 1.52. The van der Waals surface area contributed by atoms with Crippen LogP contribution in [0.1, 0.15) is 49.9 Å². The van der Waals surface area contributed by atoms with Crippen molar-refractivity contribution >= 4 is 11.6 Å². The van der Waals surface area contributed by atoms with Gasteiger partial charge in [0.1, 0.15) is 5.75 Å². The van der Waals surface area contributed by atoms with Gasteiger partial charge in [-0.05, 0) is 71.7 Å². The van der Waals surface area contributed by atoms with Crippen LogP contribution in [0.25, 0.3) is 0 Å². The van der Waals surface area contributed by atoms with Crippen molar-refractivity contribution in [1.82, 2.24) is 0 Å². The molecule has 0 spiro atoms. The van der Waals surface area contributed by atoms with Crippen molar-refractivity contribution in [2.24, 2.45) is 10.7 Å². The van der Waals surface area contributed by atoms with Crippen molar-refractivity contribution in [3.8, 4) is 5.75 Å². The topological polar surface area (TPSA) is 59.6 Å². The van der Waals surface area contributed by atoms with Gasteiger partial charge < -0.3 is 15.8 Å². The minimum absolute atomic E-state index is 0.139. The maximum atomic E-state index is 6.09. The van der Waals surface area contributed by atoms with E-state index < -0.39 is 0 Å². The highest BCUT2D eigenvalue weighted by molar-refractivity contribution is 5.92. The highest BCUT2D eigenvalue weighted by Gasteiger charge is 2.12. The molecule has 0 aliphatic carbocycles. The molecule has 0 fully saturated rings. The van der Waals surface area contributed by atoms with Gasteiger partial charge in [-0.15, -0.1) is 0 Å². The number of nitrogens with zero attached hydrogens (tertiary/aromatic N) is 1. The third-order valence-corrected chi connectivity index (χ3v) is 5.34. The van der Waals surface area contributed by atoms with Crippen LogP contribution in [0.5, 0.6) is 5.75 Å². The third kappa shape index (κ3) is 7.16. The third-order valence-electron chi connectivity index (χ3n) is 5.34. The van der Waals surface area contributed by atoms with Crippen LogP contribution in [0, 0.1) is 0 Å². The van der Waals surface area contributed by atoms with Crippen molar-refractivity contribution in [3.05, 3.63) is 95.1 Å². The smallest absolute Gasteiger partial charge is 0.193 e. The number of aliphatic imine (C=N–C) groups is 1. The zero-order valence-electron chi connectivity index (χ0n) is 19.7. The molecule has 0 amide bonds. The maximum Gasteiger partial charge on any atom is 0.193 e. The molecule has 0 saturated heterocycles. The van der Waals surface area contributed by atoms with Crippen LogP contribution < -0.4 is 15.8 Å². The summed E-state index contributed by atoms with van der Waals surface area (Å²) >= 11 is 0. The molecular formula is C28H35N3O. The second-order valence-corrected chi connectivity index (χ2v) is 9.04. The first-order valence-corrected chi connectivity index (χ1v) is 11.3. The van der Waals surface area contributed by atoms with Crippen LogP contribution in [-0.4, -0.2) is 19.1 Å². The van der Waals surface area contributed by atoms with Gasteiger partial charge in [-0.1, -0.05) is 69.3 Å². The van der Waals surface area contributed by atoms with E-state index in [1.54, 1.807) is 0 Å². The van der Waals surface area contributed by atoms with Gasteiger partial charge in [0, 0.05) is 12.2 Å². The quantitative estimate of drug-likeness (QED) is 0.344. The summed E-state index contributed by atoms with van der Waals surface area (Å²) < 4.78 is 5.52. The minimum atomic E-state index is 0.139. The molecule has 0 radical (unpaired) electrons. The monoisotopic (exact) mass is 429 g/mol. The zero-order chi connectivity index (χ0) is 23.0. The molecule has 168 valence electrons. The Hall–Kier alpha value is -3.27. The lowest BCUT2D eigenvalue weighted by Crippen LogP contribution is -2.23. The Morgan fingerprint density at radius 3 is 2.25 bits per heavy atom. The highest BCUT2D eigenvalue weighted by atomic mass is 16.5. The average molecular weight is 430 g/mol. The van der Waals surface area contributed by atoms with Gasteiger partial charge in [-0.2, -0.15) is 0 Å². The Morgan fingerprint density at radius 1 is 0.906 bits per heavy atom. The van der Waals surface area contributed by atoms with Gasteiger partial charge >= 0.3 is 0 Å². The first kappa shape index (κ1) is 23.4. The molecule has 32 heavy (non-hydrogen) atoms. The van der Waals surface area contributed by atoms with Crippen LogP contribution in [-0.2, 0) is 18.3 Å². The first-order valence-electron chi connectivity index (χ1n) is 11.3. The largest absolute Gasteiger partial charge is 0.494 e. The molecule has 0 saturated carbocycles. The molecular weight excluding hydrogens is 394 g/mol. The van der Waals surface area contributed by atoms with E-state index in [0.29, 0.717) is 19.1 Å². The summed E-state index contributed by atoms with van der Waals surface area (Å²) in [5.74, 6) is 1.36. The summed E-state index contributed by atoms with van der Waals surface area (Å²) in [6.07, 6.45) is 1.75. The van der Waals surface area contributed by atoms with E-state index in [4.69, 9.17) is 10.5 Å². The number of guanidine groups is 1. The van der Waals surface area contributed by atoms with Gasteiger partial charge in [0.25, 0.3) is 0 Å². The van der Waals surface area contributed by atoms with Crippen molar-refractivity contribution in [1.29, 1.82) is 0 Å². The second kappa shape index (κ2) is 10.9. The van der Waals surface area contributed by atoms with Crippen LogP contribution in [0.3, 0.4) is 0 Å². The number of rotatable bonds is 8. The Labute approximate surface area is 192 Å². The minimum Gasteiger partial charge on any atom is -0.494 e. The SMILES string of the molecule is CCOc1ccc(Cc2cccc(CCN=C(N)Nc3ccc(C(C)(C)C)cc3)c2)cc1. The summed E-state index contributed by atoms with van der Waals surface area (Å²) in [6.45, 7) is 9.95. The van der Waals surface area contributed by atoms with E-state index in [9.17, 15) is 0 Å². The van der Waals surface area contributed by atoms with Crippen LogP contribution in [0.4, 0.5) is 5.69 Å². The fourth-order valence-electron chi connectivity index (χ4n) is 3.55. The van der Waals surface area contributed by atoms with E-state index >= 15 is 0 Å². The standard InChI is InChI=1S/C28H35N3O/c1-5-32-26-15-9-22(10-16-26)20-23-8-6-7-21(19-23)17-18-30-27(29)31-25-13-11-24(12-14-25)28(2,3)4/h6-16,19H,5,17-18,20H2,1-4H3,(H3,29,30,31). The Morgan fingerprint density at radius 2 is 1.59 bits per heavy atom. The maximum absolute atomic E-state index is 6.09.